The lowest BCUT2D eigenvalue weighted by Crippen LogP contribution is -2.07. The van der Waals surface area contributed by atoms with Gasteiger partial charge in [0.05, 0.1) is 5.52 Å². The Hall–Kier alpha value is -1.65. The van der Waals surface area contributed by atoms with Gasteiger partial charge in [-0.05, 0) is 18.2 Å². The third-order valence-electron chi connectivity index (χ3n) is 1.98. The van der Waals surface area contributed by atoms with Gasteiger partial charge in [-0.1, -0.05) is 0 Å². The van der Waals surface area contributed by atoms with Crippen LogP contribution in [0.25, 0.3) is 10.9 Å². The number of nitrogens with one attached hydrogen (secondary N) is 1. The Morgan fingerprint density at radius 2 is 2.14 bits per heavy atom. The van der Waals surface area contributed by atoms with Crippen molar-refractivity contribution in [2.45, 2.75) is 12.8 Å². The zero-order chi connectivity index (χ0) is 10.3. The molecule has 0 unspecified atom stereocenters. The minimum Gasteiger partial charge on any atom is -0.508 e. The number of nitrogens with zero attached hydrogens (tertiary/aromatic N) is 1. The number of hydrogen-bond acceptors (Lipinski definition) is 2. The van der Waals surface area contributed by atoms with E-state index in [-0.39, 0.29) is 16.8 Å². The molecule has 0 aliphatic heterocycles. The van der Waals surface area contributed by atoms with E-state index in [2.05, 4.69) is 10.2 Å². The molecule has 0 fully saturated rings. The minimum atomic E-state index is -2.98. The molecule has 2 N–H and O–H groups in total. The Morgan fingerprint density at radius 1 is 1.43 bits per heavy atom. The quantitative estimate of drug-likeness (QED) is 0.739. The number of aromatic hydroxyl groups is 1. The molecule has 3 nitrogen and oxygen atoms in total. The highest BCUT2D eigenvalue weighted by molar-refractivity contribution is 5.83. The summed E-state index contributed by atoms with van der Waals surface area (Å²) in [5.74, 6) is -3.04. The molecule has 0 aliphatic carbocycles. The maximum Gasteiger partial charge on any atom is 0.287 e. The van der Waals surface area contributed by atoms with Crippen molar-refractivity contribution in [3.8, 4) is 5.75 Å². The highest BCUT2D eigenvalue weighted by atomic mass is 19.3. The van der Waals surface area contributed by atoms with E-state index >= 15 is 0 Å². The van der Waals surface area contributed by atoms with E-state index in [0.29, 0.717) is 5.52 Å². The number of aromatic nitrogens is 2. The number of phenols is 1. The van der Waals surface area contributed by atoms with Crippen molar-refractivity contribution in [2.24, 2.45) is 0 Å². The summed E-state index contributed by atoms with van der Waals surface area (Å²) in [5.41, 5.74) is 0.141. The molecule has 0 saturated heterocycles. The number of benzene rings is 1. The summed E-state index contributed by atoms with van der Waals surface area (Å²) in [7, 11) is 0. The molecular weight excluding hydrogens is 190 g/mol. The molecule has 0 saturated carbocycles. The van der Waals surface area contributed by atoms with Crippen molar-refractivity contribution in [2.75, 3.05) is 0 Å². The standard InChI is InChI=1S/C9H8F2N2O/c1-9(10,11)8-6-4-5(14)2-3-7(6)12-13-8/h2-4,14H,1H3,(H,12,13). The summed E-state index contributed by atoms with van der Waals surface area (Å²) in [6, 6.07) is 4.16. The molecular formula is C9H8F2N2O. The molecule has 5 heteroatoms. The normalized spacial score (nSPS) is 12.2. The largest absolute Gasteiger partial charge is 0.508 e. The number of rotatable bonds is 1. The molecule has 0 spiro atoms. The van der Waals surface area contributed by atoms with E-state index in [1.807, 2.05) is 0 Å². The van der Waals surface area contributed by atoms with Crippen molar-refractivity contribution in [3.63, 3.8) is 0 Å². The van der Waals surface area contributed by atoms with Gasteiger partial charge in [0.1, 0.15) is 11.4 Å². The van der Waals surface area contributed by atoms with Gasteiger partial charge in [-0.25, -0.2) is 0 Å². The van der Waals surface area contributed by atoms with Crippen LogP contribution in [0, 0.1) is 0 Å². The Morgan fingerprint density at radius 3 is 2.79 bits per heavy atom. The molecule has 74 valence electrons. The summed E-state index contributed by atoms with van der Waals surface area (Å²) in [5, 5.41) is 15.4. The van der Waals surface area contributed by atoms with E-state index in [9.17, 15) is 8.78 Å². The highest BCUT2D eigenvalue weighted by Crippen LogP contribution is 2.32. The van der Waals surface area contributed by atoms with Crippen molar-refractivity contribution in [1.82, 2.24) is 10.2 Å². The van der Waals surface area contributed by atoms with E-state index in [0.717, 1.165) is 6.92 Å². The summed E-state index contributed by atoms with van der Waals surface area (Å²) in [6.07, 6.45) is 0. The molecule has 1 aromatic heterocycles. The van der Waals surface area contributed by atoms with Crippen LogP contribution in [-0.4, -0.2) is 15.3 Å². The van der Waals surface area contributed by atoms with Gasteiger partial charge >= 0.3 is 0 Å². The lowest BCUT2D eigenvalue weighted by atomic mass is 10.1. The first-order valence-corrected chi connectivity index (χ1v) is 4.04. The van der Waals surface area contributed by atoms with Gasteiger partial charge in [-0.15, -0.1) is 0 Å². The predicted octanol–water partition coefficient (Wildman–Crippen LogP) is 2.38. The van der Waals surface area contributed by atoms with Gasteiger partial charge in [0.25, 0.3) is 5.92 Å². The van der Waals surface area contributed by atoms with Crippen molar-refractivity contribution >= 4 is 10.9 Å². The SMILES string of the molecule is CC(F)(F)c1[nH]nc2ccc(O)cc12. The first-order valence-electron chi connectivity index (χ1n) is 4.04. The first-order chi connectivity index (χ1) is 6.48. The number of hydrogen-bond donors (Lipinski definition) is 2. The fourth-order valence-electron chi connectivity index (χ4n) is 1.33. The van der Waals surface area contributed by atoms with Crippen LogP contribution < -0.4 is 0 Å². The Bertz CT molecular complexity index is 473. The molecule has 0 atom stereocenters. The van der Waals surface area contributed by atoms with Gasteiger partial charge in [0.2, 0.25) is 0 Å². The molecule has 2 rings (SSSR count). The molecule has 0 radical (unpaired) electrons. The Labute approximate surface area is 78.4 Å². The summed E-state index contributed by atoms with van der Waals surface area (Å²) in [6.45, 7) is 0.782. The van der Waals surface area contributed by atoms with Crippen LogP contribution in [0.3, 0.4) is 0 Å². The molecule has 0 aliphatic rings. The van der Waals surface area contributed by atoms with Crippen LogP contribution in [0.5, 0.6) is 5.75 Å². The Kier molecular flexibility index (Phi) is 1.70. The van der Waals surface area contributed by atoms with Gasteiger partial charge in [-0.3, -0.25) is 5.10 Å². The second-order valence-electron chi connectivity index (χ2n) is 3.19. The fraction of sp³-hybridized carbons (Fsp3) is 0.222. The van der Waals surface area contributed by atoms with Crippen LogP contribution in [0.2, 0.25) is 0 Å². The van der Waals surface area contributed by atoms with E-state index in [4.69, 9.17) is 5.11 Å². The maximum atomic E-state index is 13.0. The van der Waals surface area contributed by atoms with Gasteiger partial charge in [0.15, 0.2) is 0 Å². The summed E-state index contributed by atoms with van der Waals surface area (Å²) < 4.78 is 26.0. The number of alkyl halides is 2. The van der Waals surface area contributed by atoms with Crippen molar-refractivity contribution in [3.05, 3.63) is 23.9 Å². The zero-order valence-corrected chi connectivity index (χ0v) is 7.38. The van der Waals surface area contributed by atoms with Crippen LogP contribution in [0.15, 0.2) is 18.2 Å². The number of halogens is 2. The van der Waals surface area contributed by atoms with Crippen LogP contribution in [-0.2, 0) is 5.92 Å². The fourth-order valence-corrected chi connectivity index (χ4v) is 1.33. The maximum absolute atomic E-state index is 13.0. The predicted molar refractivity (Wildman–Crippen MR) is 47.3 cm³/mol. The summed E-state index contributed by atoms with van der Waals surface area (Å²) in [4.78, 5) is 0. The zero-order valence-electron chi connectivity index (χ0n) is 7.38. The second kappa shape index (κ2) is 2.67. The molecule has 2 aromatic rings. The number of H-pyrrole nitrogens is 1. The highest BCUT2D eigenvalue weighted by Gasteiger charge is 2.29. The van der Waals surface area contributed by atoms with Crippen molar-refractivity contribution in [1.29, 1.82) is 0 Å². The number of aromatic amines is 1. The lowest BCUT2D eigenvalue weighted by molar-refractivity contribution is 0.0142. The third kappa shape index (κ3) is 1.30. The topological polar surface area (TPSA) is 48.9 Å². The van der Waals surface area contributed by atoms with Crippen LogP contribution in [0.1, 0.15) is 12.6 Å². The number of phenolic OH excluding ortho intramolecular Hbond substituents is 1. The molecule has 1 aromatic carbocycles. The van der Waals surface area contributed by atoms with Gasteiger partial charge in [0, 0.05) is 12.3 Å². The van der Waals surface area contributed by atoms with Gasteiger partial charge in [-0.2, -0.15) is 13.9 Å². The Balaban J connectivity index is 2.73. The van der Waals surface area contributed by atoms with E-state index < -0.39 is 5.92 Å². The molecule has 1 heterocycles. The number of fused-ring (bicyclic) bond motifs is 1. The van der Waals surface area contributed by atoms with E-state index in [1.54, 1.807) is 0 Å². The second-order valence-corrected chi connectivity index (χ2v) is 3.19. The lowest BCUT2D eigenvalue weighted by Gasteiger charge is -2.07. The average molecular weight is 198 g/mol. The van der Waals surface area contributed by atoms with Gasteiger partial charge < -0.3 is 5.11 Å². The minimum absolute atomic E-state index is 0.0515. The average Bonchev–Trinajstić information content (AvgIpc) is 2.45. The van der Waals surface area contributed by atoms with Crippen molar-refractivity contribution < 1.29 is 13.9 Å². The van der Waals surface area contributed by atoms with Crippen LogP contribution in [0.4, 0.5) is 8.78 Å². The first kappa shape index (κ1) is 8.93. The van der Waals surface area contributed by atoms with Crippen LogP contribution >= 0.6 is 0 Å². The van der Waals surface area contributed by atoms with E-state index in [1.165, 1.54) is 18.2 Å². The monoisotopic (exact) mass is 198 g/mol. The molecule has 0 amide bonds. The third-order valence-corrected chi connectivity index (χ3v) is 1.98. The summed E-state index contributed by atoms with van der Waals surface area (Å²) >= 11 is 0. The smallest absolute Gasteiger partial charge is 0.287 e. The molecule has 0 bridgehead atoms. The molecule has 14 heavy (non-hydrogen) atoms.